The molecule has 4 heteroatoms. The van der Waals surface area contributed by atoms with Crippen LogP contribution in [-0.4, -0.2) is 15.9 Å². The van der Waals surface area contributed by atoms with Crippen LogP contribution in [0.3, 0.4) is 0 Å². The summed E-state index contributed by atoms with van der Waals surface area (Å²) in [6.07, 6.45) is 5.90. The SMILES string of the molecule is C=C(CCCC)N(N)C(=O)c1ccncc1. The van der Waals surface area contributed by atoms with Crippen LogP contribution in [0.25, 0.3) is 0 Å². The maximum absolute atomic E-state index is 11.9. The van der Waals surface area contributed by atoms with Crippen LogP contribution in [0.2, 0.25) is 0 Å². The predicted molar refractivity (Wildman–Crippen MR) is 63.3 cm³/mol. The van der Waals surface area contributed by atoms with Crippen LogP contribution in [-0.2, 0) is 0 Å². The molecular weight excluding hydrogens is 202 g/mol. The van der Waals surface area contributed by atoms with Gasteiger partial charge in [0.05, 0.1) is 0 Å². The van der Waals surface area contributed by atoms with E-state index >= 15 is 0 Å². The number of nitrogens with two attached hydrogens (primary N) is 1. The van der Waals surface area contributed by atoms with Crippen LogP contribution in [0.5, 0.6) is 0 Å². The third-order valence-corrected chi connectivity index (χ3v) is 2.31. The first kappa shape index (κ1) is 12.4. The average Bonchev–Trinajstić information content (AvgIpc) is 2.35. The second-order valence-electron chi connectivity index (χ2n) is 3.58. The summed E-state index contributed by atoms with van der Waals surface area (Å²) in [4.78, 5) is 15.7. The number of unbranched alkanes of at least 4 members (excludes halogenated alkanes) is 1. The van der Waals surface area contributed by atoms with E-state index in [1.807, 2.05) is 0 Å². The third-order valence-electron chi connectivity index (χ3n) is 2.31. The number of carbonyl (C=O) groups is 1. The van der Waals surface area contributed by atoms with Crippen molar-refractivity contribution >= 4 is 5.91 Å². The Hall–Kier alpha value is -1.68. The molecule has 1 aromatic heterocycles. The van der Waals surface area contributed by atoms with Gasteiger partial charge in [-0.3, -0.25) is 9.78 Å². The molecule has 0 aliphatic rings. The van der Waals surface area contributed by atoms with E-state index in [4.69, 9.17) is 5.84 Å². The van der Waals surface area contributed by atoms with Crippen molar-refractivity contribution in [2.24, 2.45) is 5.84 Å². The summed E-state index contributed by atoms with van der Waals surface area (Å²) in [6.45, 7) is 5.89. The number of hydrogen-bond donors (Lipinski definition) is 1. The van der Waals surface area contributed by atoms with Crippen molar-refractivity contribution in [3.8, 4) is 0 Å². The molecule has 16 heavy (non-hydrogen) atoms. The molecule has 4 nitrogen and oxygen atoms in total. The number of allylic oxidation sites excluding steroid dienone is 1. The molecule has 0 aromatic carbocycles. The number of carbonyl (C=O) groups excluding carboxylic acids is 1. The summed E-state index contributed by atoms with van der Waals surface area (Å²) in [5.41, 5.74) is 1.17. The molecule has 0 radical (unpaired) electrons. The average molecular weight is 219 g/mol. The summed E-state index contributed by atoms with van der Waals surface area (Å²) in [7, 11) is 0. The van der Waals surface area contributed by atoms with Gasteiger partial charge in [-0.25, -0.2) is 10.9 Å². The highest BCUT2D eigenvalue weighted by atomic mass is 16.2. The summed E-state index contributed by atoms with van der Waals surface area (Å²) >= 11 is 0. The van der Waals surface area contributed by atoms with E-state index in [1.54, 1.807) is 24.5 Å². The van der Waals surface area contributed by atoms with Gasteiger partial charge in [0, 0.05) is 23.7 Å². The van der Waals surface area contributed by atoms with E-state index in [1.165, 1.54) is 0 Å². The lowest BCUT2D eigenvalue weighted by molar-refractivity contribution is 0.0801. The van der Waals surface area contributed by atoms with E-state index in [2.05, 4.69) is 18.5 Å². The molecule has 1 amide bonds. The first-order valence-electron chi connectivity index (χ1n) is 5.33. The highest BCUT2D eigenvalue weighted by Crippen LogP contribution is 2.10. The summed E-state index contributed by atoms with van der Waals surface area (Å²) < 4.78 is 0. The van der Waals surface area contributed by atoms with Crippen molar-refractivity contribution in [2.45, 2.75) is 26.2 Å². The van der Waals surface area contributed by atoms with Gasteiger partial charge in [0.15, 0.2) is 0 Å². The number of rotatable bonds is 5. The lowest BCUT2D eigenvalue weighted by Crippen LogP contribution is -2.36. The van der Waals surface area contributed by atoms with Crippen LogP contribution < -0.4 is 5.84 Å². The Morgan fingerprint density at radius 3 is 2.69 bits per heavy atom. The minimum absolute atomic E-state index is 0.247. The van der Waals surface area contributed by atoms with Crippen LogP contribution in [0.1, 0.15) is 36.5 Å². The zero-order valence-electron chi connectivity index (χ0n) is 9.52. The minimum Gasteiger partial charge on any atom is -0.267 e. The molecular formula is C12H17N3O. The smallest absolute Gasteiger partial charge is 0.267 e. The molecule has 0 aliphatic heterocycles. The first-order valence-corrected chi connectivity index (χ1v) is 5.33. The number of pyridine rings is 1. The lowest BCUT2D eigenvalue weighted by Gasteiger charge is -2.18. The fourth-order valence-corrected chi connectivity index (χ4v) is 1.28. The Morgan fingerprint density at radius 2 is 2.12 bits per heavy atom. The van der Waals surface area contributed by atoms with Gasteiger partial charge in [-0.2, -0.15) is 0 Å². The van der Waals surface area contributed by atoms with Gasteiger partial charge in [-0.15, -0.1) is 0 Å². The second kappa shape index (κ2) is 6.02. The van der Waals surface area contributed by atoms with E-state index in [0.29, 0.717) is 11.3 Å². The zero-order chi connectivity index (χ0) is 12.0. The summed E-state index contributed by atoms with van der Waals surface area (Å²) in [6, 6.07) is 3.27. The molecule has 1 aromatic rings. The fourth-order valence-electron chi connectivity index (χ4n) is 1.28. The van der Waals surface area contributed by atoms with Gasteiger partial charge < -0.3 is 0 Å². The molecule has 0 spiro atoms. The van der Waals surface area contributed by atoms with Crippen molar-refractivity contribution in [3.63, 3.8) is 0 Å². The van der Waals surface area contributed by atoms with Gasteiger partial charge >= 0.3 is 0 Å². The Balaban J connectivity index is 2.64. The molecule has 0 aliphatic carbocycles. The van der Waals surface area contributed by atoms with E-state index < -0.39 is 0 Å². The number of aromatic nitrogens is 1. The lowest BCUT2D eigenvalue weighted by atomic mass is 10.2. The van der Waals surface area contributed by atoms with Crippen molar-refractivity contribution in [1.82, 2.24) is 9.99 Å². The minimum atomic E-state index is -0.247. The molecule has 0 unspecified atom stereocenters. The zero-order valence-corrected chi connectivity index (χ0v) is 9.52. The molecule has 0 fully saturated rings. The largest absolute Gasteiger partial charge is 0.272 e. The number of amides is 1. The number of nitrogens with zero attached hydrogens (tertiary/aromatic N) is 2. The number of hydrogen-bond acceptors (Lipinski definition) is 3. The standard InChI is InChI=1S/C12H17N3O/c1-3-4-5-10(2)15(13)12(16)11-6-8-14-9-7-11/h6-9H,2-5,13H2,1H3. The van der Waals surface area contributed by atoms with Gasteiger partial charge in [0.1, 0.15) is 0 Å². The van der Waals surface area contributed by atoms with Gasteiger partial charge in [0.25, 0.3) is 5.91 Å². The van der Waals surface area contributed by atoms with Gasteiger partial charge in [-0.05, 0) is 25.0 Å². The van der Waals surface area contributed by atoms with Crippen molar-refractivity contribution < 1.29 is 4.79 Å². The molecule has 2 N–H and O–H groups in total. The van der Waals surface area contributed by atoms with Crippen LogP contribution in [0.15, 0.2) is 36.8 Å². The number of hydrazine groups is 1. The summed E-state index contributed by atoms with van der Waals surface area (Å²) in [5.74, 6) is 5.45. The van der Waals surface area contributed by atoms with Crippen LogP contribution in [0, 0.1) is 0 Å². The Kier molecular flexibility index (Phi) is 4.66. The van der Waals surface area contributed by atoms with Crippen molar-refractivity contribution in [1.29, 1.82) is 0 Å². The highest BCUT2D eigenvalue weighted by Gasteiger charge is 2.14. The predicted octanol–water partition coefficient (Wildman–Crippen LogP) is 2.10. The third kappa shape index (κ3) is 3.17. The Labute approximate surface area is 95.7 Å². The van der Waals surface area contributed by atoms with Gasteiger partial charge in [-0.1, -0.05) is 19.9 Å². The van der Waals surface area contributed by atoms with E-state index in [0.717, 1.165) is 24.3 Å². The topological polar surface area (TPSA) is 59.2 Å². The monoisotopic (exact) mass is 219 g/mol. The van der Waals surface area contributed by atoms with E-state index in [9.17, 15) is 4.79 Å². The van der Waals surface area contributed by atoms with E-state index in [-0.39, 0.29) is 5.91 Å². The summed E-state index contributed by atoms with van der Waals surface area (Å²) in [5, 5.41) is 1.12. The normalized spacial score (nSPS) is 9.88. The van der Waals surface area contributed by atoms with Crippen molar-refractivity contribution in [2.75, 3.05) is 0 Å². The maximum atomic E-state index is 11.9. The molecule has 86 valence electrons. The van der Waals surface area contributed by atoms with Crippen molar-refractivity contribution in [3.05, 3.63) is 42.4 Å². The quantitative estimate of drug-likeness (QED) is 0.468. The Bertz CT molecular complexity index is 362. The molecule has 0 saturated carbocycles. The Morgan fingerprint density at radius 1 is 1.50 bits per heavy atom. The fraction of sp³-hybridized carbons (Fsp3) is 0.333. The second-order valence-corrected chi connectivity index (χ2v) is 3.58. The highest BCUT2D eigenvalue weighted by molar-refractivity contribution is 5.94. The van der Waals surface area contributed by atoms with Crippen LogP contribution >= 0.6 is 0 Å². The molecule has 1 rings (SSSR count). The maximum Gasteiger partial charge on any atom is 0.272 e. The molecule has 0 atom stereocenters. The first-order chi connectivity index (χ1) is 7.66. The molecule has 0 bridgehead atoms. The van der Waals surface area contributed by atoms with Gasteiger partial charge in [0.2, 0.25) is 0 Å². The van der Waals surface area contributed by atoms with Crippen LogP contribution in [0.4, 0.5) is 0 Å². The molecule has 1 heterocycles. The molecule has 0 saturated heterocycles.